The van der Waals surface area contributed by atoms with Gasteiger partial charge in [0.1, 0.15) is 5.01 Å². The van der Waals surface area contributed by atoms with Crippen LogP contribution in [0.15, 0.2) is 29.6 Å². The predicted molar refractivity (Wildman–Crippen MR) is 113 cm³/mol. The van der Waals surface area contributed by atoms with Gasteiger partial charge in [0.05, 0.1) is 24.8 Å². The number of ether oxygens (including phenoxy) is 1. The van der Waals surface area contributed by atoms with Gasteiger partial charge in [0.2, 0.25) is 5.91 Å². The molecule has 0 aliphatic heterocycles. The number of thiazole rings is 1. The summed E-state index contributed by atoms with van der Waals surface area (Å²) in [4.78, 5) is 28.4. The van der Waals surface area contributed by atoms with Crippen LogP contribution >= 0.6 is 11.3 Å². The van der Waals surface area contributed by atoms with Crippen molar-refractivity contribution < 1.29 is 23.1 Å². The highest BCUT2D eigenvalue weighted by molar-refractivity contribution is 7.80. The van der Waals surface area contributed by atoms with E-state index >= 15 is 0 Å². The second-order valence-electron chi connectivity index (χ2n) is 6.21. The standard InChI is InChI=1S/C19H25N3O5S2/c1-3-14-12-28-19(20-14)16(21-17(23)9-10-18(24)27-4-2)11-13-5-7-15(8-6-13)22-29(25)26/h5-8,12,16,22H,3-4,9-11H2,1-2H3,(H,21,23)(H,25,26)/t16-/m0/s1. The SMILES string of the molecule is CCOC(=O)CCC(=O)N[C@@H](Cc1ccc(NS(=O)O)cc1)c1nc(CC)cs1. The van der Waals surface area contributed by atoms with E-state index in [0.29, 0.717) is 12.1 Å². The number of nitrogens with zero attached hydrogens (tertiary/aromatic N) is 1. The largest absolute Gasteiger partial charge is 0.466 e. The Morgan fingerprint density at radius 3 is 2.55 bits per heavy atom. The number of carbonyl (C=O) groups is 2. The van der Waals surface area contributed by atoms with Crippen molar-refractivity contribution in [3.63, 3.8) is 0 Å². The number of rotatable bonds is 11. The molecule has 0 saturated carbocycles. The van der Waals surface area contributed by atoms with Crippen molar-refractivity contribution in [1.82, 2.24) is 10.3 Å². The number of hydrogen-bond acceptors (Lipinski definition) is 6. The molecule has 29 heavy (non-hydrogen) atoms. The van der Waals surface area contributed by atoms with E-state index in [4.69, 9.17) is 9.29 Å². The number of anilines is 1. The number of esters is 1. The molecule has 2 aromatic rings. The van der Waals surface area contributed by atoms with Gasteiger partial charge in [0.25, 0.3) is 11.3 Å². The lowest BCUT2D eigenvalue weighted by Gasteiger charge is -2.17. The quantitative estimate of drug-likeness (QED) is 0.366. The predicted octanol–water partition coefficient (Wildman–Crippen LogP) is 3.00. The number of hydrogen-bond donors (Lipinski definition) is 3. The van der Waals surface area contributed by atoms with Crippen molar-refractivity contribution in [2.45, 2.75) is 45.6 Å². The molecule has 10 heteroatoms. The van der Waals surface area contributed by atoms with E-state index in [1.54, 1.807) is 19.1 Å². The molecule has 0 aliphatic carbocycles. The fourth-order valence-electron chi connectivity index (χ4n) is 2.61. The van der Waals surface area contributed by atoms with E-state index in [2.05, 4.69) is 15.0 Å². The first kappa shape index (κ1) is 23.0. The number of amides is 1. The van der Waals surface area contributed by atoms with E-state index in [-0.39, 0.29) is 31.4 Å². The average Bonchev–Trinajstić information content (AvgIpc) is 3.16. The normalized spacial score (nSPS) is 12.8. The van der Waals surface area contributed by atoms with E-state index in [9.17, 15) is 13.8 Å². The Kier molecular flexibility index (Phi) is 9.23. The highest BCUT2D eigenvalue weighted by atomic mass is 32.2. The van der Waals surface area contributed by atoms with Crippen LogP contribution in [0.4, 0.5) is 5.69 Å². The molecule has 158 valence electrons. The molecule has 1 unspecified atom stereocenters. The number of carbonyl (C=O) groups excluding carboxylic acids is 2. The highest BCUT2D eigenvalue weighted by Gasteiger charge is 2.19. The zero-order valence-electron chi connectivity index (χ0n) is 16.3. The van der Waals surface area contributed by atoms with Crippen molar-refractivity contribution in [3.8, 4) is 0 Å². The number of nitrogens with one attached hydrogen (secondary N) is 2. The van der Waals surface area contributed by atoms with Crippen LogP contribution in [0.3, 0.4) is 0 Å². The zero-order chi connectivity index (χ0) is 21.2. The molecule has 1 amide bonds. The summed E-state index contributed by atoms with van der Waals surface area (Å²) in [5, 5.41) is 5.73. The van der Waals surface area contributed by atoms with Crippen LogP contribution in [-0.4, -0.2) is 32.2 Å². The minimum absolute atomic E-state index is 0.0309. The molecule has 0 bridgehead atoms. The molecule has 0 aliphatic rings. The molecule has 2 atom stereocenters. The Labute approximate surface area is 176 Å². The lowest BCUT2D eigenvalue weighted by Crippen LogP contribution is -2.30. The first-order valence-electron chi connectivity index (χ1n) is 9.27. The van der Waals surface area contributed by atoms with Crippen LogP contribution in [0.5, 0.6) is 0 Å². The third-order valence-corrected chi connectivity index (χ3v) is 5.44. The fourth-order valence-corrected chi connectivity index (χ4v) is 3.90. The maximum Gasteiger partial charge on any atom is 0.306 e. The summed E-state index contributed by atoms with van der Waals surface area (Å²) in [5.41, 5.74) is 2.41. The van der Waals surface area contributed by atoms with Gasteiger partial charge < -0.3 is 10.1 Å². The Morgan fingerprint density at radius 1 is 1.24 bits per heavy atom. The number of benzene rings is 1. The van der Waals surface area contributed by atoms with Crippen molar-refractivity contribution in [3.05, 3.63) is 45.9 Å². The topological polar surface area (TPSA) is 118 Å². The lowest BCUT2D eigenvalue weighted by molar-refractivity contribution is -0.144. The van der Waals surface area contributed by atoms with Crippen LogP contribution in [-0.2, 0) is 38.4 Å². The summed E-state index contributed by atoms with van der Waals surface area (Å²) < 4.78 is 27.0. The molecule has 3 N–H and O–H groups in total. The highest BCUT2D eigenvalue weighted by Crippen LogP contribution is 2.24. The first-order chi connectivity index (χ1) is 13.9. The van der Waals surface area contributed by atoms with Gasteiger partial charge in [-0.15, -0.1) is 11.3 Å². The molecule has 2 rings (SSSR count). The van der Waals surface area contributed by atoms with E-state index < -0.39 is 17.2 Å². The molecule has 1 aromatic carbocycles. The summed E-state index contributed by atoms with van der Waals surface area (Å²) in [5.74, 6) is -0.642. The van der Waals surface area contributed by atoms with Crippen LogP contribution in [0.1, 0.15) is 49.0 Å². The third-order valence-electron chi connectivity index (χ3n) is 4.03. The Balaban J connectivity index is 2.07. The summed E-state index contributed by atoms with van der Waals surface area (Å²) >= 11 is -0.646. The van der Waals surface area contributed by atoms with E-state index in [1.807, 2.05) is 24.4 Å². The van der Waals surface area contributed by atoms with Crippen LogP contribution in [0.25, 0.3) is 0 Å². The van der Waals surface area contributed by atoms with Gasteiger partial charge in [-0.1, -0.05) is 19.1 Å². The van der Waals surface area contributed by atoms with Crippen LogP contribution in [0, 0.1) is 0 Å². The molecule has 0 fully saturated rings. The van der Waals surface area contributed by atoms with Gasteiger partial charge >= 0.3 is 5.97 Å². The summed E-state index contributed by atoms with van der Waals surface area (Å²) in [6, 6.07) is 6.70. The minimum atomic E-state index is -2.13. The van der Waals surface area contributed by atoms with Crippen molar-refractivity contribution in [2.24, 2.45) is 0 Å². The van der Waals surface area contributed by atoms with Gasteiger partial charge in [0.15, 0.2) is 0 Å². The zero-order valence-corrected chi connectivity index (χ0v) is 18.0. The Morgan fingerprint density at radius 2 is 1.97 bits per heavy atom. The first-order valence-corrected chi connectivity index (χ1v) is 11.3. The molecule has 0 saturated heterocycles. The molecule has 1 heterocycles. The molecular weight excluding hydrogens is 414 g/mol. The third kappa shape index (κ3) is 7.92. The van der Waals surface area contributed by atoms with Crippen LogP contribution < -0.4 is 10.0 Å². The maximum absolute atomic E-state index is 12.4. The van der Waals surface area contributed by atoms with Gasteiger partial charge in [-0.25, -0.2) is 9.19 Å². The smallest absolute Gasteiger partial charge is 0.306 e. The van der Waals surface area contributed by atoms with Crippen molar-refractivity contribution in [1.29, 1.82) is 0 Å². The molecule has 8 nitrogen and oxygen atoms in total. The Hall–Kier alpha value is -2.30. The van der Waals surface area contributed by atoms with Crippen molar-refractivity contribution >= 4 is 40.2 Å². The fraction of sp³-hybridized carbons (Fsp3) is 0.421. The summed E-state index contributed by atoms with van der Waals surface area (Å²) in [6.07, 6.45) is 1.39. The average molecular weight is 440 g/mol. The van der Waals surface area contributed by atoms with E-state index in [1.165, 1.54) is 11.3 Å². The number of aromatic nitrogens is 1. The van der Waals surface area contributed by atoms with Gasteiger partial charge in [0, 0.05) is 17.5 Å². The number of aryl methyl sites for hydroxylation is 1. The monoisotopic (exact) mass is 439 g/mol. The maximum atomic E-state index is 12.4. The Bertz CT molecular complexity index is 839. The summed E-state index contributed by atoms with van der Waals surface area (Å²) in [7, 11) is 0. The molecule has 0 radical (unpaired) electrons. The second-order valence-corrected chi connectivity index (χ2v) is 7.80. The molecular formula is C19H25N3O5S2. The van der Waals surface area contributed by atoms with Gasteiger partial charge in [-0.3, -0.25) is 18.9 Å². The van der Waals surface area contributed by atoms with Gasteiger partial charge in [-0.05, 0) is 37.5 Å². The van der Waals surface area contributed by atoms with E-state index in [0.717, 1.165) is 22.7 Å². The molecule has 1 aromatic heterocycles. The lowest BCUT2D eigenvalue weighted by atomic mass is 10.1. The van der Waals surface area contributed by atoms with Crippen molar-refractivity contribution in [2.75, 3.05) is 11.3 Å². The second kappa shape index (κ2) is 11.6. The molecule has 0 spiro atoms. The van der Waals surface area contributed by atoms with Crippen LogP contribution in [0.2, 0.25) is 0 Å². The summed E-state index contributed by atoms with van der Waals surface area (Å²) in [6.45, 7) is 4.03. The minimum Gasteiger partial charge on any atom is -0.466 e. The van der Waals surface area contributed by atoms with Gasteiger partial charge in [-0.2, -0.15) is 0 Å².